The summed E-state index contributed by atoms with van der Waals surface area (Å²) in [7, 11) is 2.13. The van der Waals surface area contributed by atoms with Crippen molar-refractivity contribution in [2.24, 2.45) is 7.05 Å². The number of pyridine rings is 1. The maximum Gasteiger partial charge on any atom is 0.228 e. The van der Waals surface area contributed by atoms with Crippen LogP contribution in [0.3, 0.4) is 0 Å². The summed E-state index contributed by atoms with van der Waals surface area (Å²) in [6, 6.07) is 11.1. The highest BCUT2D eigenvalue weighted by Gasteiger charge is 2.30. The van der Waals surface area contributed by atoms with Crippen molar-refractivity contribution in [1.82, 2.24) is 0 Å². The van der Waals surface area contributed by atoms with Crippen LogP contribution in [0.4, 0.5) is 0 Å². The first-order valence-corrected chi connectivity index (χ1v) is 9.58. The molecule has 0 saturated heterocycles. The van der Waals surface area contributed by atoms with Crippen LogP contribution in [0.1, 0.15) is 30.9 Å². The minimum Gasteiger partial charge on any atom is -0.456 e. The van der Waals surface area contributed by atoms with E-state index in [2.05, 4.69) is 74.3 Å². The van der Waals surface area contributed by atoms with Crippen LogP contribution in [-0.2, 0) is 7.05 Å². The van der Waals surface area contributed by atoms with E-state index in [9.17, 15) is 0 Å². The summed E-state index contributed by atoms with van der Waals surface area (Å²) >= 11 is 1.80. The number of aryl methyl sites for hydroxylation is 2. The van der Waals surface area contributed by atoms with Gasteiger partial charge < -0.3 is 4.74 Å². The van der Waals surface area contributed by atoms with E-state index in [0.717, 1.165) is 11.5 Å². The third kappa shape index (κ3) is 1.99. The van der Waals surface area contributed by atoms with Crippen LogP contribution in [0.2, 0.25) is 0 Å². The lowest BCUT2D eigenvalue weighted by Gasteiger charge is -2.22. The molecule has 124 valence electrons. The normalized spacial score (nSPS) is 12.7. The van der Waals surface area contributed by atoms with Gasteiger partial charge in [0.05, 0.1) is 10.9 Å². The molecule has 0 N–H and O–H groups in total. The number of hydrogen-bond donors (Lipinski definition) is 0. The van der Waals surface area contributed by atoms with Crippen LogP contribution in [0.15, 0.2) is 41.9 Å². The van der Waals surface area contributed by atoms with Crippen molar-refractivity contribution < 1.29 is 9.30 Å². The van der Waals surface area contributed by atoms with Gasteiger partial charge in [0.25, 0.3) is 0 Å². The first-order valence-electron chi connectivity index (χ1n) is 8.70. The molecule has 0 amide bonds. The Morgan fingerprint density at radius 1 is 1.04 bits per heavy atom. The van der Waals surface area contributed by atoms with E-state index in [4.69, 9.17) is 4.74 Å². The average Bonchev–Trinajstić information content (AvgIpc) is 3.05. The molecular weight excluding hydrogens is 326 g/mol. The van der Waals surface area contributed by atoms with Gasteiger partial charge in [-0.3, -0.25) is 0 Å². The van der Waals surface area contributed by atoms with Crippen molar-refractivity contribution >= 4 is 32.2 Å². The van der Waals surface area contributed by atoms with Crippen molar-refractivity contribution in [3.63, 3.8) is 0 Å². The van der Waals surface area contributed by atoms with Gasteiger partial charge in [0.15, 0.2) is 6.20 Å². The van der Waals surface area contributed by atoms with Crippen LogP contribution in [0, 0.1) is 6.92 Å². The maximum absolute atomic E-state index is 6.44. The van der Waals surface area contributed by atoms with Crippen LogP contribution in [0.5, 0.6) is 11.5 Å². The molecule has 1 aliphatic rings. The molecule has 0 atom stereocenters. The predicted octanol–water partition coefficient (Wildman–Crippen LogP) is 6.08. The van der Waals surface area contributed by atoms with Crippen molar-refractivity contribution in [2.45, 2.75) is 26.7 Å². The van der Waals surface area contributed by atoms with Gasteiger partial charge in [-0.15, -0.1) is 11.3 Å². The van der Waals surface area contributed by atoms with E-state index in [1.165, 1.54) is 43.2 Å². The minimum atomic E-state index is 0.476. The zero-order valence-corrected chi connectivity index (χ0v) is 15.7. The monoisotopic (exact) mass is 346 g/mol. The summed E-state index contributed by atoms with van der Waals surface area (Å²) in [5, 5.41) is 5.90. The molecule has 0 unspecified atom stereocenters. The van der Waals surface area contributed by atoms with Crippen molar-refractivity contribution in [1.29, 1.82) is 0 Å². The fourth-order valence-electron chi connectivity index (χ4n) is 3.94. The molecule has 2 aromatic carbocycles. The molecule has 0 saturated carbocycles. The van der Waals surface area contributed by atoms with E-state index in [1.54, 1.807) is 11.3 Å². The summed E-state index contributed by atoms with van der Waals surface area (Å²) in [4.78, 5) is 0. The second kappa shape index (κ2) is 5.06. The topological polar surface area (TPSA) is 13.1 Å². The molecule has 2 nitrogen and oxygen atoms in total. The van der Waals surface area contributed by atoms with E-state index in [-0.39, 0.29) is 0 Å². The van der Waals surface area contributed by atoms with Gasteiger partial charge in [0, 0.05) is 10.8 Å². The summed E-state index contributed by atoms with van der Waals surface area (Å²) in [5.41, 5.74) is 5.12. The van der Waals surface area contributed by atoms with Gasteiger partial charge in [-0.05, 0) is 58.3 Å². The molecule has 0 fully saturated rings. The first kappa shape index (κ1) is 14.9. The Morgan fingerprint density at radius 3 is 2.68 bits per heavy atom. The molecule has 0 radical (unpaired) electrons. The Morgan fingerprint density at radius 2 is 1.88 bits per heavy atom. The van der Waals surface area contributed by atoms with Gasteiger partial charge in [-0.1, -0.05) is 19.9 Å². The highest BCUT2D eigenvalue weighted by molar-refractivity contribution is 7.17. The largest absolute Gasteiger partial charge is 0.456 e. The van der Waals surface area contributed by atoms with Crippen LogP contribution < -0.4 is 9.30 Å². The Hall–Kier alpha value is -2.39. The molecule has 0 bridgehead atoms. The van der Waals surface area contributed by atoms with Crippen molar-refractivity contribution in [3.8, 4) is 22.8 Å². The Bertz CT molecular complexity index is 1170. The van der Waals surface area contributed by atoms with Crippen LogP contribution in [0.25, 0.3) is 32.1 Å². The Labute approximate surface area is 151 Å². The zero-order valence-electron chi connectivity index (χ0n) is 14.9. The fraction of sp³-hybridized carbons (Fsp3) is 0.227. The van der Waals surface area contributed by atoms with E-state index < -0.39 is 0 Å². The number of aromatic nitrogens is 1. The molecule has 25 heavy (non-hydrogen) atoms. The van der Waals surface area contributed by atoms with Crippen LogP contribution >= 0.6 is 11.3 Å². The molecule has 4 aromatic rings. The fourth-order valence-corrected chi connectivity index (χ4v) is 4.84. The second-order valence-electron chi connectivity index (χ2n) is 7.23. The first-order chi connectivity index (χ1) is 12.0. The highest BCUT2D eigenvalue weighted by Crippen LogP contribution is 2.49. The third-order valence-electron chi connectivity index (χ3n) is 5.29. The predicted molar refractivity (Wildman–Crippen MR) is 105 cm³/mol. The number of ether oxygens (including phenoxy) is 1. The zero-order chi connectivity index (χ0) is 17.3. The molecule has 0 aliphatic carbocycles. The molecule has 0 spiro atoms. The van der Waals surface area contributed by atoms with E-state index >= 15 is 0 Å². The summed E-state index contributed by atoms with van der Waals surface area (Å²) in [6.45, 7) is 6.68. The highest BCUT2D eigenvalue weighted by atomic mass is 32.1. The van der Waals surface area contributed by atoms with E-state index in [1.807, 2.05) is 0 Å². The lowest BCUT2D eigenvalue weighted by atomic mass is 9.92. The van der Waals surface area contributed by atoms with Gasteiger partial charge in [0.2, 0.25) is 5.69 Å². The van der Waals surface area contributed by atoms with Gasteiger partial charge in [-0.2, -0.15) is 0 Å². The maximum atomic E-state index is 6.44. The lowest BCUT2D eigenvalue weighted by Crippen LogP contribution is -2.31. The molecule has 2 aromatic heterocycles. The third-order valence-corrected chi connectivity index (χ3v) is 6.34. The van der Waals surface area contributed by atoms with Crippen molar-refractivity contribution in [2.75, 3.05) is 0 Å². The minimum absolute atomic E-state index is 0.476. The Kier molecular flexibility index (Phi) is 3.02. The second-order valence-corrected chi connectivity index (χ2v) is 8.15. The van der Waals surface area contributed by atoms with Crippen LogP contribution in [-0.4, -0.2) is 0 Å². The number of nitrogens with zero attached hydrogens (tertiary/aromatic N) is 1. The Balaban J connectivity index is 1.96. The van der Waals surface area contributed by atoms with Gasteiger partial charge in [-0.25, -0.2) is 4.57 Å². The molecule has 5 rings (SSSR count). The standard InChI is InChI=1S/C22H20NOS/c1-12(2)16-9-14-5-7-23(4)21-19-13(3)22-15(6-8-25-22)10-17(19)24-18(11-16)20(14)21/h5-12H,1-4H3/q+1. The summed E-state index contributed by atoms with van der Waals surface area (Å²) < 4.78 is 10.0. The SMILES string of the molecule is Cc1c2c(cc3ccsc13)Oc1cc(C(C)C)cc3cc[n+](C)c-2c13. The lowest BCUT2D eigenvalue weighted by molar-refractivity contribution is -0.659. The van der Waals surface area contributed by atoms with Gasteiger partial charge in [0.1, 0.15) is 18.5 Å². The summed E-state index contributed by atoms with van der Waals surface area (Å²) in [6.07, 6.45) is 2.17. The number of rotatable bonds is 1. The number of fused-ring (bicyclic) bond motifs is 3. The quantitative estimate of drug-likeness (QED) is 0.335. The number of thiophene rings is 1. The number of benzene rings is 2. The molecular formula is C22H20NOS+. The van der Waals surface area contributed by atoms with E-state index in [0.29, 0.717) is 5.92 Å². The van der Waals surface area contributed by atoms with Gasteiger partial charge >= 0.3 is 0 Å². The molecule has 3 heteroatoms. The summed E-state index contributed by atoms with van der Waals surface area (Å²) in [5.74, 6) is 2.43. The smallest absolute Gasteiger partial charge is 0.228 e. The number of hydrogen-bond acceptors (Lipinski definition) is 2. The molecule has 1 aliphatic heterocycles. The van der Waals surface area contributed by atoms with Crippen molar-refractivity contribution in [3.05, 3.63) is 53.0 Å². The molecule has 3 heterocycles. The average molecular weight is 346 g/mol.